The summed E-state index contributed by atoms with van der Waals surface area (Å²) in [5.41, 5.74) is 0.644. The van der Waals surface area contributed by atoms with Gasteiger partial charge in [-0.3, -0.25) is 14.6 Å². The zero-order valence-electron chi connectivity index (χ0n) is 7.97. The Kier molecular flexibility index (Phi) is 1.97. The van der Waals surface area contributed by atoms with E-state index in [1.165, 1.54) is 18.1 Å². The van der Waals surface area contributed by atoms with E-state index >= 15 is 0 Å². The van der Waals surface area contributed by atoms with Gasteiger partial charge in [0.15, 0.2) is 5.92 Å². The quantitative estimate of drug-likeness (QED) is 0.569. The molecule has 1 unspecified atom stereocenters. The number of ketones is 1. The van der Waals surface area contributed by atoms with E-state index in [4.69, 9.17) is 5.26 Å². The van der Waals surface area contributed by atoms with Crippen LogP contribution in [0.1, 0.15) is 10.5 Å². The van der Waals surface area contributed by atoms with Crippen LogP contribution in [0.5, 0.6) is 0 Å². The minimum absolute atomic E-state index is 0.186. The van der Waals surface area contributed by atoms with Gasteiger partial charge in [0, 0.05) is 13.2 Å². The number of aromatic nitrogens is 1. The third kappa shape index (κ3) is 1.19. The first-order chi connectivity index (χ1) is 7.16. The molecule has 1 amide bonds. The van der Waals surface area contributed by atoms with Crippen molar-refractivity contribution in [2.75, 3.05) is 11.9 Å². The number of carbonyl (C=O) groups excluding carboxylic acids is 2. The maximum absolute atomic E-state index is 11.7. The summed E-state index contributed by atoms with van der Waals surface area (Å²) < 4.78 is 0. The summed E-state index contributed by atoms with van der Waals surface area (Å²) in [6.07, 6.45) is 1.47. The van der Waals surface area contributed by atoms with E-state index in [1.54, 1.807) is 18.2 Å². The van der Waals surface area contributed by atoms with Crippen LogP contribution < -0.4 is 4.90 Å². The van der Waals surface area contributed by atoms with Gasteiger partial charge in [0.25, 0.3) is 5.91 Å². The number of pyridine rings is 1. The number of hydrogen-bond donors (Lipinski definition) is 0. The molecule has 1 atom stereocenters. The zero-order chi connectivity index (χ0) is 11.0. The maximum atomic E-state index is 11.7. The van der Waals surface area contributed by atoms with Gasteiger partial charge >= 0.3 is 0 Å². The summed E-state index contributed by atoms with van der Waals surface area (Å²) in [4.78, 5) is 28.4. The van der Waals surface area contributed by atoms with Crippen LogP contribution in [-0.4, -0.2) is 23.7 Å². The van der Waals surface area contributed by atoms with Gasteiger partial charge in [-0.2, -0.15) is 5.26 Å². The number of nitriles is 1. The predicted molar refractivity (Wildman–Crippen MR) is 51.1 cm³/mol. The molecule has 2 rings (SSSR count). The summed E-state index contributed by atoms with van der Waals surface area (Å²) in [5.74, 6) is -2.27. The van der Waals surface area contributed by atoms with Crippen molar-refractivity contribution in [1.29, 1.82) is 5.26 Å². The lowest BCUT2D eigenvalue weighted by molar-refractivity contribution is -0.119. The summed E-state index contributed by atoms with van der Waals surface area (Å²) in [6.45, 7) is 0. The third-order valence-electron chi connectivity index (χ3n) is 2.35. The van der Waals surface area contributed by atoms with Crippen LogP contribution in [0, 0.1) is 17.2 Å². The fraction of sp³-hybridized carbons (Fsp3) is 0.200. The van der Waals surface area contributed by atoms with Crippen molar-refractivity contribution in [2.24, 2.45) is 5.92 Å². The molecule has 0 aliphatic carbocycles. The Morgan fingerprint density at radius 2 is 2.27 bits per heavy atom. The van der Waals surface area contributed by atoms with E-state index in [1.807, 2.05) is 0 Å². The molecule has 5 heteroatoms. The Morgan fingerprint density at radius 3 is 2.93 bits per heavy atom. The standard InChI is InChI=1S/C10H7N3O2/c1-13-7-3-2-4-12-8(7)9(14)6(5-11)10(13)15/h2-4,6H,1H3. The molecule has 0 spiro atoms. The number of Topliss-reactive ketones (excluding diaryl/α,β-unsaturated/α-hetero) is 1. The smallest absolute Gasteiger partial charge is 0.252 e. The molecule has 1 aliphatic heterocycles. The van der Waals surface area contributed by atoms with Crippen molar-refractivity contribution in [3.8, 4) is 6.07 Å². The van der Waals surface area contributed by atoms with Crippen LogP contribution in [0.3, 0.4) is 0 Å². The first-order valence-electron chi connectivity index (χ1n) is 4.33. The molecule has 1 aromatic rings. The summed E-state index contributed by atoms with van der Waals surface area (Å²) in [6, 6.07) is 4.97. The molecule has 0 saturated carbocycles. The van der Waals surface area contributed by atoms with Crippen molar-refractivity contribution >= 4 is 17.4 Å². The van der Waals surface area contributed by atoms with Crippen LogP contribution in [0.2, 0.25) is 0 Å². The van der Waals surface area contributed by atoms with Crippen molar-refractivity contribution in [3.63, 3.8) is 0 Å². The van der Waals surface area contributed by atoms with Gasteiger partial charge in [0.2, 0.25) is 5.78 Å². The lowest BCUT2D eigenvalue weighted by Crippen LogP contribution is -2.42. The van der Waals surface area contributed by atoms with Gasteiger partial charge in [-0.15, -0.1) is 0 Å². The number of rotatable bonds is 0. The first-order valence-corrected chi connectivity index (χ1v) is 4.33. The van der Waals surface area contributed by atoms with E-state index in [9.17, 15) is 9.59 Å². The number of amides is 1. The second kappa shape index (κ2) is 3.17. The molecule has 2 heterocycles. The third-order valence-corrected chi connectivity index (χ3v) is 2.35. The van der Waals surface area contributed by atoms with E-state index in [0.29, 0.717) is 5.69 Å². The molecule has 1 aromatic heterocycles. The van der Waals surface area contributed by atoms with Crippen LogP contribution >= 0.6 is 0 Å². The minimum atomic E-state index is -1.25. The maximum Gasteiger partial charge on any atom is 0.252 e. The highest BCUT2D eigenvalue weighted by Crippen LogP contribution is 2.27. The normalized spacial score (nSPS) is 19.7. The number of nitrogens with zero attached hydrogens (tertiary/aromatic N) is 3. The number of hydrogen-bond acceptors (Lipinski definition) is 4. The van der Waals surface area contributed by atoms with Crippen molar-refractivity contribution in [2.45, 2.75) is 0 Å². The van der Waals surface area contributed by atoms with Gasteiger partial charge in [-0.25, -0.2) is 0 Å². The molecule has 15 heavy (non-hydrogen) atoms. The highest BCUT2D eigenvalue weighted by molar-refractivity contribution is 6.22. The second-order valence-corrected chi connectivity index (χ2v) is 3.19. The molecule has 0 fully saturated rings. The molecule has 1 aliphatic rings. The minimum Gasteiger partial charge on any atom is -0.312 e. The van der Waals surface area contributed by atoms with Gasteiger partial charge < -0.3 is 4.90 Å². The molecular weight excluding hydrogens is 194 g/mol. The van der Waals surface area contributed by atoms with Gasteiger partial charge in [-0.05, 0) is 12.1 Å². The van der Waals surface area contributed by atoms with E-state index in [2.05, 4.69) is 4.98 Å². The molecule has 0 N–H and O–H groups in total. The lowest BCUT2D eigenvalue weighted by Gasteiger charge is -2.26. The topological polar surface area (TPSA) is 74.1 Å². The lowest BCUT2D eigenvalue weighted by atomic mass is 9.95. The average molecular weight is 201 g/mol. The van der Waals surface area contributed by atoms with E-state index < -0.39 is 17.6 Å². The largest absolute Gasteiger partial charge is 0.312 e. The highest BCUT2D eigenvalue weighted by Gasteiger charge is 2.38. The molecule has 0 radical (unpaired) electrons. The van der Waals surface area contributed by atoms with Gasteiger partial charge in [0.05, 0.1) is 11.8 Å². The molecule has 0 aromatic carbocycles. The number of anilines is 1. The monoisotopic (exact) mass is 201 g/mol. The Labute approximate surface area is 85.9 Å². The molecule has 74 valence electrons. The molecule has 0 saturated heterocycles. The van der Waals surface area contributed by atoms with Crippen molar-refractivity contribution in [3.05, 3.63) is 24.0 Å². The van der Waals surface area contributed by atoms with Crippen molar-refractivity contribution in [1.82, 2.24) is 4.98 Å². The van der Waals surface area contributed by atoms with Gasteiger partial charge in [-0.1, -0.05) is 0 Å². The predicted octanol–water partition coefficient (Wildman–Crippen LogP) is 0.380. The fourth-order valence-corrected chi connectivity index (χ4v) is 1.53. The molecule has 5 nitrogen and oxygen atoms in total. The summed E-state index contributed by atoms with van der Waals surface area (Å²) >= 11 is 0. The van der Waals surface area contributed by atoms with E-state index in [0.717, 1.165) is 0 Å². The Hall–Kier alpha value is -2.22. The van der Waals surface area contributed by atoms with Crippen LogP contribution in [-0.2, 0) is 4.79 Å². The van der Waals surface area contributed by atoms with Crippen molar-refractivity contribution < 1.29 is 9.59 Å². The Balaban J connectivity index is 2.63. The van der Waals surface area contributed by atoms with Gasteiger partial charge in [0.1, 0.15) is 5.69 Å². The number of fused-ring (bicyclic) bond motifs is 1. The summed E-state index contributed by atoms with van der Waals surface area (Å²) in [5, 5.41) is 8.73. The molecular formula is C10H7N3O2. The molecule has 0 bridgehead atoms. The number of carbonyl (C=O) groups is 2. The Bertz CT molecular complexity index is 490. The van der Waals surface area contributed by atoms with E-state index in [-0.39, 0.29) is 5.69 Å². The van der Waals surface area contributed by atoms with Crippen LogP contribution in [0.4, 0.5) is 5.69 Å². The average Bonchev–Trinajstić information content (AvgIpc) is 2.27. The zero-order valence-corrected chi connectivity index (χ0v) is 7.97. The fourth-order valence-electron chi connectivity index (χ4n) is 1.53. The van der Waals surface area contributed by atoms with Crippen LogP contribution in [0.25, 0.3) is 0 Å². The SMILES string of the molecule is CN1C(=O)C(C#N)C(=O)c2ncccc21. The summed E-state index contributed by atoms with van der Waals surface area (Å²) in [7, 11) is 1.53. The van der Waals surface area contributed by atoms with Crippen LogP contribution in [0.15, 0.2) is 18.3 Å². The Morgan fingerprint density at radius 1 is 1.53 bits per heavy atom. The second-order valence-electron chi connectivity index (χ2n) is 3.19. The first kappa shape index (κ1) is 9.34. The highest BCUT2D eigenvalue weighted by atomic mass is 16.2.